The number of nitrogens with zero attached hydrogens (tertiary/aromatic N) is 1. The lowest BCUT2D eigenvalue weighted by atomic mass is 10.1. The molecule has 1 N–H and O–H groups in total. The number of hydrogen-bond acceptors (Lipinski definition) is 6. The minimum atomic E-state index is -4.30. The minimum absolute atomic E-state index is 0.0692. The summed E-state index contributed by atoms with van der Waals surface area (Å²) in [6.07, 6.45) is 62.4. The number of ether oxygens (including phenoxy) is 2. The molecule has 0 heterocycles. The van der Waals surface area contributed by atoms with E-state index in [-0.39, 0.29) is 32.2 Å². The summed E-state index contributed by atoms with van der Waals surface area (Å²) < 4.78 is 35.0. The van der Waals surface area contributed by atoms with Crippen molar-refractivity contribution in [3.05, 3.63) is 122 Å². The highest BCUT2D eigenvalue weighted by atomic mass is 31.2. The highest BCUT2D eigenvalue weighted by Gasteiger charge is 2.26. The molecule has 0 aromatic carbocycles. The van der Waals surface area contributed by atoms with Gasteiger partial charge in [-0.05, 0) is 103 Å². The predicted molar refractivity (Wildman–Crippen MR) is 260 cm³/mol. The van der Waals surface area contributed by atoms with Crippen molar-refractivity contribution in [2.45, 2.75) is 148 Å². The summed E-state index contributed by atoms with van der Waals surface area (Å²) in [5.41, 5.74) is 0. The van der Waals surface area contributed by atoms with Crippen LogP contribution in [0.4, 0.5) is 0 Å². The third-order valence-electron chi connectivity index (χ3n) is 9.02. The topological polar surface area (TPSA) is 91.3 Å². The van der Waals surface area contributed by atoms with Crippen molar-refractivity contribution in [1.29, 1.82) is 0 Å². The Balaban J connectivity index is 4.33. The van der Waals surface area contributed by atoms with E-state index in [1.807, 2.05) is 21.1 Å². The highest BCUT2D eigenvalue weighted by Crippen LogP contribution is 2.43. The van der Waals surface area contributed by atoms with Gasteiger partial charge in [0.25, 0.3) is 0 Å². The van der Waals surface area contributed by atoms with Crippen molar-refractivity contribution in [2.24, 2.45) is 0 Å². The van der Waals surface area contributed by atoms with Crippen LogP contribution in [0.3, 0.4) is 0 Å². The molecule has 0 radical (unpaired) electrons. The van der Waals surface area contributed by atoms with E-state index in [1.54, 1.807) is 0 Å². The summed E-state index contributed by atoms with van der Waals surface area (Å²) in [7, 11) is 1.60. The molecule has 0 aliphatic rings. The third-order valence-corrected chi connectivity index (χ3v) is 10.0. The third kappa shape index (κ3) is 47.8. The Labute approximate surface area is 373 Å². The van der Waals surface area contributed by atoms with Gasteiger partial charge in [0, 0.05) is 13.0 Å². The minimum Gasteiger partial charge on any atom is -0.457 e. The largest absolute Gasteiger partial charge is 0.472 e. The lowest BCUT2D eigenvalue weighted by molar-refractivity contribution is -0.870. The van der Waals surface area contributed by atoms with Gasteiger partial charge in [-0.2, -0.15) is 0 Å². The van der Waals surface area contributed by atoms with E-state index in [9.17, 15) is 14.3 Å². The van der Waals surface area contributed by atoms with Gasteiger partial charge in [-0.25, -0.2) is 4.57 Å². The van der Waals surface area contributed by atoms with E-state index in [4.69, 9.17) is 18.5 Å². The molecule has 0 rings (SSSR count). The number of likely N-dealkylation sites (N-methyl/N-ethyl adjacent to an activating group) is 1. The maximum absolute atomic E-state index is 12.7. The van der Waals surface area contributed by atoms with E-state index in [1.165, 1.54) is 0 Å². The highest BCUT2D eigenvalue weighted by molar-refractivity contribution is 7.47. The van der Waals surface area contributed by atoms with Crippen molar-refractivity contribution in [2.75, 3.05) is 54.1 Å². The van der Waals surface area contributed by atoms with Gasteiger partial charge < -0.3 is 18.9 Å². The number of carbonyl (C=O) groups is 1. The van der Waals surface area contributed by atoms with Gasteiger partial charge in [0.05, 0.1) is 34.4 Å². The van der Waals surface area contributed by atoms with Crippen LogP contribution < -0.4 is 0 Å². The molecule has 0 aliphatic carbocycles. The average Bonchev–Trinajstić information content (AvgIpc) is 3.22. The van der Waals surface area contributed by atoms with Crippen molar-refractivity contribution in [1.82, 2.24) is 0 Å². The summed E-state index contributed by atoms with van der Waals surface area (Å²) in [5.74, 6) is -0.360. The molecule has 346 valence electrons. The molecule has 0 fully saturated rings. The Morgan fingerprint density at radius 2 is 0.902 bits per heavy atom. The molecular formula is C52H87NO7P+. The van der Waals surface area contributed by atoms with Crippen LogP contribution >= 0.6 is 7.82 Å². The summed E-state index contributed by atoms with van der Waals surface area (Å²) in [6.45, 7) is 5.25. The maximum Gasteiger partial charge on any atom is 0.472 e. The van der Waals surface area contributed by atoms with E-state index in [0.717, 1.165) is 116 Å². The van der Waals surface area contributed by atoms with E-state index < -0.39 is 13.9 Å². The van der Waals surface area contributed by atoms with Crippen LogP contribution in [0, 0.1) is 0 Å². The van der Waals surface area contributed by atoms with Crippen LogP contribution in [0.5, 0.6) is 0 Å². The molecule has 0 saturated heterocycles. The van der Waals surface area contributed by atoms with Gasteiger partial charge in [0.15, 0.2) is 0 Å². The number of quaternary nitrogens is 1. The first-order valence-electron chi connectivity index (χ1n) is 23.3. The smallest absolute Gasteiger partial charge is 0.457 e. The Hall–Kier alpha value is -3.10. The van der Waals surface area contributed by atoms with Gasteiger partial charge in [0.1, 0.15) is 19.3 Å². The van der Waals surface area contributed by atoms with Crippen LogP contribution in [0.2, 0.25) is 0 Å². The molecule has 0 spiro atoms. The predicted octanol–water partition coefficient (Wildman–Crippen LogP) is 14.2. The van der Waals surface area contributed by atoms with Crippen molar-refractivity contribution in [3.63, 3.8) is 0 Å². The van der Waals surface area contributed by atoms with Gasteiger partial charge in [-0.1, -0.05) is 155 Å². The average molecular weight is 869 g/mol. The molecule has 9 heteroatoms. The number of hydrogen-bond donors (Lipinski definition) is 1. The van der Waals surface area contributed by atoms with Crippen LogP contribution in [0.15, 0.2) is 122 Å². The van der Waals surface area contributed by atoms with Crippen LogP contribution in [0.1, 0.15) is 142 Å². The van der Waals surface area contributed by atoms with E-state index in [0.29, 0.717) is 24.1 Å². The van der Waals surface area contributed by atoms with Crippen LogP contribution in [-0.4, -0.2) is 75.6 Å². The maximum atomic E-state index is 12.7. The van der Waals surface area contributed by atoms with E-state index >= 15 is 0 Å². The summed E-state index contributed by atoms with van der Waals surface area (Å²) in [5, 5.41) is 0. The van der Waals surface area contributed by atoms with Crippen LogP contribution in [-0.2, 0) is 27.9 Å². The molecule has 0 aromatic rings. The Kier molecular flexibility index (Phi) is 41.3. The second-order valence-corrected chi connectivity index (χ2v) is 17.5. The first kappa shape index (κ1) is 57.9. The number of carbonyl (C=O) groups excluding carboxylic acids is 1. The van der Waals surface area contributed by atoms with E-state index in [2.05, 4.69) is 135 Å². The molecular weight excluding hydrogens is 782 g/mol. The van der Waals surface area contributed by atoms with Crippen molar-refractivity contribution in [3.8, 4) is 0 Å². The normalized spacial score (nSPS) is 14.8. The fourth-order valence-corrected chi connectivity index (χ4v) is 6.23. The fourth-order valence-electron chi connectivity index (χ4n) is 5.49. The van der Waals surface area contributed by atoms with Crippen molar-refractivity contribution < 1.29 is 37.3 Å². The van der Waals surface area contributed by atoms with Gasteiger partial charge in [0.2, 0.25) is 0 Å². The molecule has 0 saturated carbocycles. The molecule has 61 heavy (non-hydrogen) atoms. The molecule has 0 aliphatic heterocycles. The fraction of sp³-hybridized carbons (Fsp3) is 0.596. The van der Waals surface area contributed by atoms with Crippen molar-refractivity contribution >= 4 is 13.8 Å². The first-order chi connectivity index (χ1) is 29.6. The number of phosphoric ester groups is 1. The second kappa shape index (κ2) is 43.5. The van der Waals surface area contributed by atoms with Gasteiger partial charge in [-0.3, -0.25) is 13.8 Å². The molecule has 2 unspecified atom stereocenters. The lowest BCUT2D eigenvalue weighted by Gasteiger charge is -2.24. The molecule has 0 aromatic heterocycles. The summed E-state index contributed by atoms with van der Waals surface area (Å²) >= 11 is 0. The summed E-state index contributed by atoms with van der Waals surface area (Å²) in [4.78, 5) is 22.9. The number of phosphoric acid groups is 1. The zero-order valence-corrected chi connectivity index (χ0v) is 40.0. The molecule has 0 amide bonds. The zero-order chi connectivity index (χ0) is 44.8. The monoisotopic (exact) mass is 869 g/mol. The second-order valence-electron chi connectivity index (χ2n) is 16.0. The quantitative estimate of drug-likeness (QED) is 0.0215. The molecule has 2 atom stereocenters. The number of rotatable bonds is 41. The lowest BCUT2D eigenvalue weighted by Crippen LogP contribution is -2.37. The Morgan fingerprint density at radius 1 is 0.508 bits per heavy atom. The number of esters is 1. The molecule has 0 bridgehead atoms. The summed E-state index contributed by atoms with van der Waals surface area (Å²) in [6, 6.07) is 0. The SMILES string of the molecule is CC/C=C\C/C=C\C/C=C\C/C=C\C/C=C\C/C=C\C/C=C\CCCCCC(=O)OC(COCCCCCC/C=C\C/C=C\C/C=C\CC)COP(=O)(O)OCC[N+](C)(C)C. The van der Waals surface area contributed by atoms with Crippen LogP contribution in [0.25, 0.3) is 0 Å². The standard InChI is InChI=1S/C52H86NO7P/c1-6-8-10-12-14-16-18-20-22-23-24-25-26-27-28-29-30-31-32-33-35-37-39-41-43-45-52(54)60-51(50-59-61(55,56)58-48-46-53(3,4)5)49-57-47-44-42-40-38-36-34-21-19-17-15-13-11-9-7-2/h8-11,14-17,20-22,24-25,27-28,30-31,33-35,51H,6-7,12-13,18-19,23,26,29,32,36-50H2,1-5H3/p+1/b10-8-,11-9-,16-14-,17-15-,22-20-,25-24-,28-27-,31-30-,34-21-,35-33-. The molecule has 8 nitrogen and oxygen atoms in total. The Bertz CT molecular complexity index is 1380. The number of unbranched alkanes of at least 4 members (excludes halogenated alkanes) is 7. The number of allylic oxidation sites excluding steroid dienone is 20. The van der Waals surface area contributed by atoms with Gasteiger partial charge in [-0.15, -0.1) is 0 Å². The first-order valence-corrected chi connectivity index (χ1v) is 24.8. The zero-order valence-electron chi connectivity index (χ0n) is 39.1. The van der Waals surface area contributed by atoms with Gasteiger partial charge >= 0.3 is 13.8 Å². The Morgan fingerprint density at radius 3 is 1.33 bits per heavy atom.